The van der Waals surface area contributed by atoms with Crippen molar-refractivity contribution in [2.75, 3.05) is 17.1 Å². The second-order valence-electron chi connectivity index (χ2n) is 9.27. The number of carbonyl (C=O) groups excluding carboxylic acids is 2. The maximum Gasteiger partial charge on any atom is 0.244 e. The summed E-state index contributed by atoms with van der Waals surface area (Å²) in [5.41, 5.74) is 1.74. The van der Waals surface area contributed by atoms with E-state index in [1.165, 1.54) is 29.2 Å². The van der Waals surface area contributed by atoms with Gasteiger partial charge in [0.1, 0.15) is 18.4 Å². The van der Waals surface area contributed by atoms with Crippen LogP contribution in [0.3, 0.4) is 0 Å². The molecule has 0 saturated carbocycles. The number of carbonyl (C=O) groups is 2. The molecule has 1 atom stereocenters. The monoisotopic (exact) mass is 603 g/mol. The molecule has 0 heterocycles. The third kappa shape index (κ3) is 8.39. The minimum atomic E-state index is -3.85. The molecular formula is C28H31BrFN3O4S. The highest BCUT2D eigenvalue weighted by Gasteiger charge is 2.33. The maximum atomic E-state index is 13.9. The van der Waals surface area contributed by atoms with Crippen molar-refractivity contribution >= 4 is 43.5 Å². The van der Waals surface area contributed by atoms with Crippen LogP contribution in [-0.2, 0) is 32.6 Å². The van der Waals surface area contributed by atoms with Crippen LogP contribution < -0.4 is 9.62 Å². The Bertz CT molecular complexity index is 1350. The summed E-state index contributed by atoms with van der Waals surface area (Å²) >= 11 is 3.34. The van der Waals surface area contributed by atoms with E-state index in [-0.39, 0.29) is 24.9 Å². The van der Waals surface area contributed by atoms with Gasteiger partial charge in [-0.3, -0.25) is 13.9 Å². The van der Waals surface area contributed by atoms with Crippen molar-refractivity contribution < 1.29 is 22.4 Å². The Balaban J connectivity index is 2.05. The standard InChI is InChI=1S/C28H31BrFN3O4S/c1-20(2)31-28(35)26(16-21-8-5-4-6-9-21)32(18-22-12-14-24(30)15-13-22)27(34)19-33(38(3,36)37)25-11-7-10-23(29)17-25/h4-15,17,20,26H,16,18-19H2,1-3H3,(H,31,35)/t26-/m0/s1. The van der Waals surface area contributed by atoms with E-state index in [9.17, 15) is 22.4 Å². The van der Waals surface area contributed by atoms with E-state index >= 15 is 0 Å². The predicted molar refractivity (Wildman–Crippen MR) is 150 cm³/mol. The first kappa shape index (κ1) is 29.3. The number of rotatable bonds is 11. The van der Waals surface area contributed by atoms with E-state index in [1.807, 2.05) is 44.2 Å². The van der Waals surface area contributed by atoms with Crippen LogP contribution in [0.15, 0.2) is 83.3 Å². The highest BCUT2D eigenvalue weighted by atomic mass is 79.9. The van der Waals surface area contributed by atoms with Crippen LogP contribution in [-0.4, -0.2) is 50.0 Å². The summed E-state index contributed by atoms with van der Waals surface area (Å²) in [5.74, 6) is -1.37. The van der Waals surface area contributed by atoms with Crippen molar-refractivity contribution in [3.8, 4) is 0 Å². The number of nitrogens with one attached hydrogen (secondary N) is 1. The number of sulfonamides is 1. The smallest absolute Gasteiger partial charge is 0.244 e. The Morgan fingerprint density at radius 1 is 0.947 bits per heavy atom. The molecular weight excluding hydrogens is 573 g/mol. The van der Waals surface area contributed by atoms with Crippen LogP contribution in [0.5, 0.6) is 0 Å². The molecule has 10 heteroatoms. The molecule has 0 fully saturated rings. The predicted octanol–water partition coefficient (Wildman–Crippen LogP) is 4.52. The third-order valence-corrected chi connectivity index (χ3v) is 7.38. The lowest BCUT2D eigenvalue weighted by molar-refractivity contribution is -0.140. The average molecular weight is 605 g/mol. The molecule has 1 N–H and O–H groups in total. The van der Waals surface area contributed by atoms with Crippen LogP contribution in [0.1, 0.15) is 25.0 Å². The van der Waals surface area contributed by atoms with Gasteiger partial charge < -0.3 is 10.2 Å². The van der Waals surface area contributed by atoms with Crippen molar-refractivity contribution in [2.24, 2.45) is 0 Å². The van der Waals surface area contributed by atoms with Crippen molar-refractivity contribution in [1.82, 2.24) is 10.2 Å². The number of hydrogen-bond donors (Lipinski definition) is 1. The highest BCUT2D eigenvalue weighted by Crippen LogP contribution is 2.23. The Kier molecular flexibility index (Phi) is 10.0. The number of hydrogen-bond acceptors (Lipinski definition) is 4. The summed E-state index contributed by atoms with van der Waals surface area (Å²) in [6.07, 6.45) is 1.24. The van der Waals surface area contributed by atoms with Gasteiger partial charge in [0.25, 0.3) is 0 Å². The second kappa shape index (κ2) is 13.0. The van der Waals surface area contributed by atoms with Crippen molar-refractivity contribution in [3.05, 3.63) is 100 Å². The summed E-state index contributed by atoms with van der Waals surface area (Å²) in [6.45, 7) is 3.11. The summed E-state index contributed by atoms with van der Waals surface area (Å²) in [5, 5.41) is 2.89. The second-order valence-corrected chi connectivity index (χ2v) is 12.1. The van der Waals surface area contributed by atoms with Gasteiger partial charge in [0, 0.05) is 23.5 Å². The van der Waals surface area contributed by atoms with Gasteiger partial charge in [0.2, 0.25) is 21.8 Å². The van der Waals surface area contributed by atoms with Crippen LogP contribution in [0.4, 0.5) is 10.1 Å². The molecule has 3 aromatic rings. The quantitative estimate of drug-likeness (QED) is 0.349. The average Bonchev–Trinajstić information content (AvgIpc) is 2.85. The lowest BCUT2D eigenvalue weighted by atomic mass is 10.0. The molecule has 0 spiro atoms. The molecule has 0 saturated heterocycles. The molecule has 2 amide bonds. The molecule has 3 aromatic carbocycles. The maximum absolute atomic E-state index is 13.9. The first-order valence-corrected chi connectivity index (χ1v) is 14.7. The van der Waals surface area contributed by atoms with E-state index in [2.05, 4.69) is 21.2 Å². The van der Waals surface area contributed by atoms with Gasteiger partial charge in [-0.2, -0.15) is 0 Å². The van der Waals surface area contributed by atoms with Crippen LogP contribution >= 0.6 is 15.9 Å². The van der Waals surface area contributed by atoms with Gasteiger partial charge in [-0.15, -0.1) is 0 Å². The fourth-order valence-electron chi connectivity index (χ4n) is 3.97. The molecule has 0 unspecified atom stereocenters. The normalized spacial score (nSPS) is 12.2. The number of nitrogens with zero attached hydrogens (tertiary/aromatic N) is 2. The highest BCUT2D eigenvalue weighted by molar-refractivity contribution is 9.10. The largest absolute Gasteiger partial charge is 0.352 e. The van der Waals surface area contributed by atoms with Gasteiger partial charge in [-0.05, 0) is 55.3 Å². The zero-order chi connectivity index (χ0) is 27.9. The topological polar surface area (TPSA) is 86.8 Å². The van der Waals surface area contributed by atoms with Crippen LogP contribution in [0.2, 0.25) is 0 Å². The number of anilines is 1. The molecule has 7 nitrogen and oxygen atoms in total. The van der Waals surface area contributed by atoms with Gasteiger partial charge in [0.15, 0.2) is 0 Å². The van der Waals surface area contributed by atoms with Gasteiger partial charge in [0.05, 0.1) is 11.9 Å². The SMILES string of the molecule is CC(C)NC(=O)[C@H](Cc1ccccc1)N(Cc1ccc(F)cc1)C(=O)CN(c1cccc(Br)c1)S(C)(=O)=O. The van der Waals surface area contributed by atoms with Crippen molar-refractivity contribution in [2.45, 2.75) is 38.9 Å². The zero-order valence-electron chi connectivity index (χ0n) is 21.5. The molecule has 38 heavy (non-hydrogen) atoms. The van der Waals surface area contributed by atoms with Crippen LogP contribution in [0, 0.1) is 5.82 Å². The summed E-state index contributed by atoms with van der Waals surface area (Å²) < 4.78 is 40.8. The van der Waals surface area contributed by atoms with E-state index in [0.29, 0.717) is 15.7 Å². The molecule has 202 valence electrons. The molecule has 0 aliphatic rings. The zero-order valence-corrected chi connectivity index (χ0v) is 23.9. The van der Waals surface area contributed by atoms with Gasteiger partial charge in [-0.25, -0.2) is 12.8 Å². The van der Waals surface area contributed by atoms with E-state index in [4.69, 9.17) is 0 Å². The Labute approximate surface area is 231 Å². The van der Waals surface area contributed by atoms with Gasteiger partial charge >= 0.3 is 0 Å². The molecule has 0 aliphatic carbocycles. The third-order valence-electron chi connectivity index (χ3n) is 5.74. The summed E-state index contributed by atoms with van der Waals surface area (Å²) in [4.78, 5) is 28.7. The fourth-order valence-corrected chi connectivity index (χ4v) is 5.19. The molecule has 0 radical (unpaired) electrons. The van der Waals surface area contributed by atoms with E-state index in [1.54, 1.807) is 24.3 Å². The van der Waals surface area contributed by atoms with Crippen molar-refractivity contribution in [1.29, 1.82) is 0 Å². The summed E-state index contributed by atoms with van der Waals surface area (Å²) in [6, 6.07) is 20.4. The Hall–Kier alpha value is -3.24. The Morgan fingerprint density at radius 3 is 2.18 bits per heavy atom. The lowest BCUT2D eigenvalue weighted by Gasteiger charge is -2.34. The molecule has 0 aliphatic heterocycles. The number of amides is 2. The van der Waals surface area contributed by atoms with E-state index < -0.39 is 34.3 Å². The lowest BCUT2D eigenvalue weighted by Crippen LogP contribution is -2.54. The number of halogens is 2. The van der Waals surface area contributed by atoms with E-state index in [0.717, 1.165) is 16.1 Å². The molecule has 0 bridgehead atoms. The van der Waals surface area contributed by atoms with Crippen molar-refractivity contribution in [3.63, 3.8) is 0 Å². The minimum absolute atomic E-state index is 0.0157. The van der Waals surface area contributed by atoms with Gasteiger partial charge in [-0.1, -0.05) is 64.5 Å². The molecule has 3 rings (SSSR count). The number of benzene rings is 3. The minimum Gasteiger partial charge on any atom is -0.352 e. The molecule has 0 aromatic heterocycles. The van der Waals surface area contributed by atoms with Crippen LogP contribution in [0.25, 0.3) is 0 Å². The first-order chi connectivity index (χ1) is 17.9. The first-order valence-electron chi connectivity index (χ1n) is 12.1. The Morgan fingerprint density at radius 2 is 1.61 bits per heavy atom. The summed E-state index contributed by atoms with van der Waals surface area (Å²) in [7, 11) is -3.85. The fraction of sp³-hybridized carbons (Fsp3) is 0.286.